The maximum Gasteiger partial charge on any atom is 0.418 e. The Morgan fingerprint density at radius 1 is 1.16 bits per heavy atom. The minimum Gasteiger partial charge on any atom is -0.497 e. The van der Waals surface area contributed by atoms with E-state index in [9.17, 15) is 18.0 Å². The number of aromatic nitrogens is 1. The third-order valence-corrected chi connectivity index (χ3v) is 4.59. The Morgan fingerprint density at radius 3 is 2.61 bits per heavy atom. The minimum absolute atomic E-state index is 0.0772. The number of hydrogen-bond acceptors (Lipinski definition) is 5. The molecule has 3 aromatic rings. The zero-order valence-electron chi connectivity index (χ0n) is 16.5. The van der Waals surface area contributed by atoms with Crippen LogP contribution in [0.2, 0.25) is 5.02 Å². The van der Waals surface area contributed by atoms with E-state index in [1.165, 1.54) is 26.5 Å². The fourth-order valence-electron chi connectivity index (χ4n) is 2.85. The first-order valence-corrected chi connectivity index (χ1v) is 9.42. The normalized spacial score (nSPS) is 11.3. The number of ether oxygens (including phenoxy) is 2. The molecular formula is C21H18ClF3N2O4. The first kappa shape index (κ1) is 22.5. The summed E-state index contributed by atoms with van der Waals surface area (Å²) in [5, 5.41) is 2.19. The number of aryl methyl sites for hydroxylation is 1. The van der Waals surface area contributed by atoms with E-state index in [0.29, 0.717) is 22.8 Å². The van der Waals surface area contributed by atoms with Gasteiger partial charge in [-0.2, -0.15) is 13.2 Å². The van der Waals surface area contributed by atoms with Crippen LogP contribution in [0.5, 0.6) is 11.5 Å². The maximum absolute atomic E-state index is 13.2. The van der Waals surface area contributed by atoms with Crippen LogP contribution in [0.1, 0.15) is 17.9 Å². The van der Waals surface area contributed by atoms with E-state index in [-0.39, 0.29) is 29.4 Å². The molecule has 164 valence electrons. The summed E-state index contributed by atoms with van der Waals surface area (Å²) < 4.78 is 55.6. The lowest BCUT2D eigenvalue weighted by Crippen LogP contribution is -2.17. The molecule has 0 aliphatic carbocycles. The summed E-state index contributed by atoms with van der Waals surface area (Å²) in [6.07, 6.45) is -3.19. The first-order valence-electron chi connectivity index (χ1n) is 9.05. The molecule has 10 heteroatoms. The molecular weight excluding hydrogens is 437 g/mol. The molecule has 31 heavy (non-hydrogen) atoms. The fraction of sp³-hybridized carbons (Fsp3) is 0.238. The molecule has 2 aromatic carbocycles. The topological polar surface area (TPSA) is 73.6 Å². The van der Waals surface area contributed by atoms with Crippen molar-refractivity contribution < 1.29 is 31.9 Å². The van der Waals surface area contributed by atoms with Crippen LogP contribution < -0.4 is 14.8 Å². The summed E-state index contributed by atoms with van der Waals surface area (Å²) in [7, 11) is 3.04. The third-order valence-electron chi connectivity index (χ3n) is 4.35. The molecule has 0 saturated heterocycles. The highest BCUT2D eigenvalue weighted by Gasteiger charge is 2.34. The summed E-state index contributed by atoms with van der Waals surface area (Å²) in [6.45, 7) is 0. The number of hydrogen-bond donors (Lipinski definition) is 1. The van der Waals surface area contributed by atoms with E-state index in [4.69, 9.17) is 25.5 Å². The summed E-state index contributed by atoms with van der Waals surface area (Å²) in [5.41, 5.74) is -0.737. The van der Waals surface area contributed by atoms with Crippen LogP contribution >= 0.6 is 11.6 Å². The summed E-state index contributed by atoms with van der Waals surface area (Å²) in [6, 6.07) is 8.32. The first-order chi connectivity index (χ1) is 14.7. The highest BCUT2D eigenvalue weighted by Crippen LogP contribution is 2.37. The van der Waals surface area contributed by atoms with Gasteiger partial charge in [0, 0.05) is 23.9 Å². The van der Waals surface area contributed by atoms with E-state index in [1.807, 2.05) is 0 Å². The number of nitrogens with zero attached hydrogens (tertiary/aromatic N) is 1. The van der Waals surface area contributed by atoms with Crippen molar-refractivity contribution in [2.45, 2.75) is 19.0 Å². The number of carbonyl (C=O) groups excluding carboxylic acids is 1. The monoisotopic (exact) mass is 454 g/mol. The van der Waals surface area contributed by atoms with Gasteiger partial charge < -0.3 is 19.2 Å². The summed E-state index contributed by atoms with van der Waals surface area (Å²) in [4.78, 5) is 16.3. The minimum atomic E-state index is -4.65. The lowest BCUT2D eigenvalue weighted by molar-refractivity contribution is -0.137. The van der Waals surface area contributed by atoms with Crippen LogP contribution in [0.4, 0.5) is 18.9 Å². The number of rotatable bonds is 7. The van der Waals surface area contributed by atoms with Crippen molar-refractivity contribution in [3.05, 3.63) is 59.1 Å². The highest BCUT2D eigenvalue weighted by atomic mass is 35.5. The Hall–Kier alpha value is -3.20. The number of halogens is 4. The molecule has 0 bridgehead atoms. The van der Waals surface area contributed by atoms with Gasteiger partial charge in [0.2, 0.25) is 5.91 Å². The number of benzene rings is 2. The number of carbonyl (C=O) groups is 1. The van der Waals surface area contributed by atoms with E-state index in [0.717, 1.165) is 12.1 Å². The number of oxazole rings is 1. The molecule has 1 heterocycles. The molecule has 1 aromatic heterocycles. The maximum atomic E-state index is 13.2. The Morgan fingerprint density at radius 2 is 1.94 bits per heavy atom. The summed E-state index contributed by atoms with van der Waals surface area (Å²) >= 11 is 5.64. The van der Waals surface area contributed by atoms with Crippen molar-refractivity contribution >= 4 is 23.2 Å². The Labute approximate surface area is 180 Å². The predicted octanol–water partition coefficient (Wildman–Crippen LogP) is 5.60. The van der Waals surface area contributed by atoms with Crippen LogP contribution in [0.25, 0.3) is 11.3 Å². The van der Waals surface area contributed by atoms with Gasteiger partial charge in [-0.05, 0) is 30.3 Å². The zero-order valence-corrected chi connectivity index (χ0v) is 17.3. The quantitative estimate of drug-likeness (QED) is 0.503. The number of anilines is 1. The lowest BCUT2D eigenvalue weighted by atomic mass is 10.1. The zero-order chi connectivity index (χ0) is 22.6. The average molecular weight is 455 g/mol. The molecule has 0 saturated carbocycles. The molecule has 0 fully saturated rings. The van der Waals surface area contributed by atoms with E-state index < -0.39 is 17.6 Å². The largest absolute Gasteiger partial charge is 0.497 e. The van der Waals surface area contributed by atoms with Crippen LogP contribution in [0, 0.1) is 0 Å². The van der Waals surface area contributed by atoms with Gasteiger partial charge >= 0.3 is 6.18 Å². The second-order valence-corrected chi connectivity index (χ2v) is 6.86. The molecule has 6 nitrogen and oxygen atoms in total. The second-order valence-electron chi connectivity index (χ2n) is 6.42. The van der Waals surface area contributed by atoms with Crippen molar-refractivity contribution in [1.29, 1.82) is 0 Å². The van der Waals surface area contributed by atoms with Crippen LogP contribution in [-0.2, 0) is 17.4 Å². The van der Waals surface area contributed by atoms with Crippen molar-refractivity contribution in [1.82, 2.24) is 4.98 Å². The Bertz CT molecular complexity index is 1080. The van der Waals surface area contributed by atoms with Crippen molar-refractivity contribution in [2.24, 2.45) is 0 Å². The molecule has 0 radical (unpaired) electrons. The van der Waals surface area contributed by atoms with E-state index in [1.54, 1.807) is 18.2 Å². The van der Waals surface area contributed by atoms with Gasteiger partial charge in [-0.25, -0.2) is 4.98 Å². The number of amides is 1. The van der Waals surface area contributed by atoms with Gasteiger partial charge in [-0.1, -0.05) is 11.6 Å². The number of nitrogens with one attached hydrogen (secondary N) is 1. The molecule has 0 atom stereocenters. The van der Waals surface area contributed by atoms with Crippen LogP contribution in [-0.4, -0.2) is 25.1 Å². The summed E-state index contributed by atoms with van der Waals surface area (Å²) in [5.74, 6) is 1.19. The van der Waals surface area contributed by atoms with Crippen LogP contribution in [0.3, 0.4) is 0 Å². The van der Waals surface area contributed by atoms with Crippen LogP contribution in [0.15, 0.2) is 47.0 Å². The molecule has 0 spiro atoms. The average Bonchev–Trinajstić information content (AvgIpc) is 3.21. The predicted molar refractivity (Wildman–Crippen MR) is 108 cm³/mol. The SMILES string of the molecule is COc1ccc(-c2cnc(CCC(=O)Nc3ccc(Cl)cc3C(F)(F)F)o2)c(OC)c1. The van der Waals surface area contributed by atoms with E-state index in [2.05, 4.69) is 10.3 Å². The van der Waals surface area contributed by atoms with Crippen molar-refractivity contribution in [3.8, 4) is 22.8 Å². The molecule has 0 aliphatic rings. The van der Waals surface area contributed by atoms with E-state index >= 15 is 0 Å². The Balaban J connectivity index is 1.67. The van der Waals surface area contributed by atoms with Gasteiger partial charge in [0.25, 0.3) is 0 Å². The lowest BCUT2D eigenvalue weighted by Gasteiger charge is -2.14. The molecule has 0 aliphatic heterocycles. The molecule has 1 N–H and O–H groups in total. The van der Waals surface area contributed by atoms with Gasteiger partial charge in [0.15, 0.2) is 11.7 Å². The number of methoxy groups -OCH3 is 2. The van der Waals surface area contributed by atoms with Gasteiger partial charge in [0.1, 0.15) is 11.5 Å². The molecule has 0 unspecified atom stereocenters. The smallest absolute Gasteiger partial charge is 0.418 e. The second kappa shape index (κ2) is 9.30. The number of alkyl halides is 3. The standard InChI is InChI=1S/C21H18ClF3N2O4/c1-29-13-4-5-14(17(10-13)30-2)18-11-26-20(31-18)8-7-19(28)27-16-6-3-12(22)9-15(16)21(23,24)25/h3-6,9-11H,7-8H2,1-2H3,(H,27,28). The van der Waals surface area contributed by atoms with Crippen molar-refractivity contribution in [2.75, 3.05) is 19.5 Å². The van der Waals surface area contributed by atoms with Crippen molar-refractivity contribution in [3.63, 3.8) is 0 Å². The molecule has 3 rings (SSSR count). The highest BCUT2D eigenvalue weighted by molar-refractivity contribution is 6.30. The molecule has 1 amide bonds. The third kappa shape index (κ3) is 5.49. The Kier molecular flexibility index (Phi) is 6.74. The van der Waals surface area contributed by atoms with Gasteiger partial charge in [0.05, 0.1) is 37.2 Å². The van der Waals surface area contributed by atoms with Gasteiger partial charge in [-0.3, -0.25) is 4.79 Å². The fourth-order valence-corrected chi connectivity index (χ4v) is 3.02. The van der Waals surface area contributed by atoms with Gasteiger partial charge in [-0.15, -0.1) is 0 Å².